The maximum atomic E-state index is 10.8. The number of amides is 1. The van der Waals surface area contributed by atoms with E-state index in [1.165, 1.54) is 6.21 Å². The van der Waals surface area contributed by atoms with Crippen molar-refractivity contribution in [2.24, 2.45) is 10.8 Å². The van der Waals surface area contributed by atoms with E-state index in [-0.39, 0.29) is 24.9 Å². The van der Waals surface area contributed by atoms with E-state index in [4.69, 9.17) is 28.9 Å². The van der Waals surface area contributed by atoms with Gasteiger partial charge >= 0.3 is 0 Å². The van der Waals surface area contributed by atoms with Gasteiger partial charge in [-0.15, -0.1) is 12.4 Å². The fourth-order valence-corrected chi connectivity index (χ4v) is 1.34. The van der Waals surface area contributed by atoms with Gasteiger partial charge in [0, 0.05) is 5.56 Å². The molecule has 0 aliphatic carbocycles. The molecule has 0 saturated carbocycles. The predicted molar refractivity (Wildman–Crippen MR) is 68.5 cm³/mol. The van der Waals surface area contributed by atoms with Crippen molar-refractivity contribution in [1.82, 2.24) is 5.43 Å². The van der Waals surface area contributed by atoms with Crippen LogP contribution < -0.4 is 11.2 Å². The standard InChI is InChI=1S/C9H9Cl2N3O.ClH/c10-7-2-1-3-8(11)6(7)5-13-14-9(15)4-12;/h1-3,5H,4,12H2,(H,14,15);1H/b13-5+;. The number of benzene rings is 1. The Balaban J connectivity index is 0.00000225. The van der Waals surface area contributed by atoms with E-state index in [2.05, 4.69) is 10.5 Å². The minimum atomic E-state index is -0.380. The monoisotopic (exact) mass is 281 g/mol. The van der Waals surface area contributed by atoms with Crippen molar-refractivity contribution in [1.29, 1.82) is 0 Å². The Morgan fingerprint density at radius 2 is 2.00 bits per heavy atom. The van der Waals surface area contributed by atoms with Gasteiger partial charge in [0.1, 0.15) is 0 Å². The molecule has 7 heteroatoms. The fourth-order valence-electron chi connectivity index (χ4n) is 0.849. The molecule has 16 heavy (non-hydrogen) atoms. The van der Waals surface area contributed by atoms with Gasteiger partial charge in [-0.1, -0.05) is 29.3 Å². The van der Waals surface area contributed by atoms with Gasteiger partial charge in [0.2, 0.25) is 0 Å². The van der Waals surface area contributed by atoms with Gasteiger partial charge < -0.3 is 5.73 Å². The lowest BCUT2D eigenvalue weighted by molar-refractivity contribution is -0.119. The van der Waals surface area contributed by atoms with Gasteiger partial charge in [-0.25, -0.2) is 5.43 Å². The number of nitrogens with zero attached hydrogens (tertiary/aromatic N) is 1. The molecule has 0 spiro atoms. The molecule has 4 nitrogen and oxygen atoms in total. The first-order valence-electron chi connectivity index (χ1n) is 4.11. The van der Waals surface area contributed by atoms with Crippen molar-refractivity contribution in [3.8, 4) is 0 Å². The number of carbonyl (C=O) groups is 1. The molecule has 0 aliphatic heterocycles. The van der Waals surface area contributed by atoms with Crippen molar-refractivity contribution < 1.29 is 4.79 Å². The molecule has 0 aromatic heterocycles. The van der Waals surface area contributed by atoms with E-state index >= 15 is 0 Å². The summed E-state index contributed by atoms with van der Waals surface area (Å²) in [4.78, 5) is 10.8. The Bertz CT molecular complexity index is 375. The molecule has 0 aliphatic rings. The first-order chi connectivity index (χ1) is 7.15. The highest BCUT2D eigenvalue weighted by atomic mass is 35.5. The molecule has 0 saturated heterocycles. The molecule has 0 atom stereocenters. The molecule has 1 aromatic carbocycles. The minimum absolute atomic E-state index is 0. The van der Waals surface area contributed by atoms with Crippen molar-refractivity contribution in [2.45, 2.75) is 0 Å². The molecular formula is C9H10Cl3N3O. The van der Waals surface area contributed by atoms with E-state index in [1.807, 2.05) is 0 Å². The Labute approximate surface area is 109 Å². The lowest BCUT2D eigenvalue weighted by Crippen LogP contribution is -2.26. The molecule has 88 valence electrons. The molecule has 0 fully saturated rings. The van der Waals surface area contributed by atoms with Crippen LogP contribution in [0.15, 0.2) is 23.3 Å². The number of carbonyl (C=O) groups excluding carboxylic acids is 1. The molecule has 0 bridgehead atoms. The highest BCUT2D eigenvalue weighted by molar-refractivity contribution is 6.38. The van der Waals surface area contributed by atoms with Gasteiger partial charge in [-0.05, 0) is 12.1 Å². The fraction of sp³-hybridized carbons (Fsp3) is 0.111. The average molecular weight is 283 g/mol. The van der Waals surface area contributed by atoms with Gasteiger partial charge in [0.15, 0.2) is 0 Å². The van der Waals surface area contributed by atoms with E-state index < -0.39 is 0 Å². The van der Waals surface area contributed by atoms with Gasteiger partial charge in [-0.2, -0.15) is 5.10 Å². The third kappa shape index (κ3) is 4.37. The van der Waals surface area contributed by atoms with E-state index in [0.717, 1.165) is 0 Å². The topological polar surface area (TPSA) is 67.5 Å². The first kappa shape index (κ1) is 15.2. The molecular weight excluding hydrogens is 272 g/mol. The van der Waals surface area contributed by atoms with Gasteiger partial charge in [-0.3, -0.25) is 4.79 Å². The summed E-state index contributed by atoms with van der Waals surface area (Å²) in [6, 6.07) is 5.08. The largest absolute Gasteiger partial charge is 0.322 e. The van der Waals surface area contributed by atoms with Crippen LogP contribution in [-0.2, 0) is 4.79 Å². The number of halogens is 3. The minimum Gasteiger partial charge on any atom is -0.322 e. The summed E-state index contributed by atoms with van der Waals surface area (Å²) < 4.78 is 0. The molecule has 0 unspecified atom stereocenters. The smallest absolute Gasteiger partial charge is 0.253 e. The number of hydrogen-bond donors (Lipinski definition) is 2. The van der Waals surface area contributed by atoms with Gasteiger partial charge in [0.05, 0.1) is 22.8 Å². The van der Waals surface area contributed by atoms with Crippen LogP contribution in [0.5, 0.6) is 0 Å². The molecule has 0 radical (unpaired) electrons. The summed E-state index contributed by atoms with van der Waals surface area (Å²) in [7, 11) is 0. The summed E-state index contributed by atoms with van der Waals surface area (Å²) in [6.45, 7) is -0.117. The maximum Gasteiger partial charge on any atom is 0.253 e. The summed E-state index contributed by atoms with van der Waals surface area (Å²) in [5, 5.41) is 4.59. The highest BCUT2D eigenvalue weighted by Gasteiger charge is 2.01. The van der Waals surface area contributed by atoms with Crippen LogP contribution in [0.2, 0.25) is 10.0 Å². The van der Waals surface area contributed by atoms with Crippen molar-refractivity contribution in [2.75, 3.05) is 6.54 Å². The lowest BCUT2D eigenvalue weighted by atomic mass is 10.2. The van der Waals surface area contributed by atoms with E-state index in [1.54, 1.807) is 18.2 Å². The van der Waals surface area contributed by atoms with Crippen LogP contribution in [0.3, 0.4) is 0 Å². The second-order valence-electron chi connectivity index (χ2n) is 2.63. The second kappa shape index (κ2) is 7.46. The van der Waals surface area contributed by atoms with Crippen molar-refractivity contribution in [3.63, 3.8) is 0 Å². The van der Waals surface area contributed by atoms with Crippen LogP contribution in [0.1, 0.15) is 5.56 Å². The Morgan fingerprint density at radius 1 is 1.44 bits per heavy atom. The normalized spacial score (nSPS) is 9.94. The summed E-state index contributed by atoms with van der Waals surface area (Å²) in [5.41, 5.74) is 7.85. The predicted octanol–water partition coefficient (Wildman–Crippen LogP) is 1.82. The summed E-state index contributed by atoms with van der Waals surface area (Å²) in [5.74, 6) is -0.380. The molecule has 1 rings (SSSR count). The zero-order valence-electron chi connectivity index (χ0n) is 8.11. The van der Waals surface area contributed by atoms with E-state index in [9.17, 15) is 4.79 Å². The summed E-state index contributed by atoms with van der Waals surface area (Å²) in [6.07, 6.45) is 1.37. The zero-order valence-corrected chi connectivity index (χ0v) is 10.4. The molecule has 1 amide bonds. The Hall–Kier alpha value is -0.810. The van der Waals surface area contributed by atoms with Gasteiger partial charge in [0.25, 0.3) is 5.91 Å². The number of hydrogen-bond acceptors (Lipinski definition) is 3. The van der Waals surface area contributed by atoms with Crippen LogP contribution in [-0.4, -0.2) is 18.7 Å². The third-order valence-electron chi connectivity index (χ3n) is 1.57. The van der Waals surface area contributed by atoms with Crippen LogP contribution >= 0.6 is 35.6 Å². The lowest BCUT2D eigenvalue weighted by Gasteiger charge is -2.00. The highest BCUT2D eigenvalue weighted by Crippen LogP contribution is 2.21. The Kier molecular flexibility index (Phi) is 7.08. The molecule has 3 N–H and O–H groups in total. The number of rotatable bonds is 3. The van der Waals surface area contributed by atoms with Crippen LogP contribution in [0.4, 0.5) is 0 Å². The van der Waals surface area contributed by atoms with Crippen molar-refractivity contribution in [3.05, 3.63) is 33.8 Å². The van der Waals surface area contributed by atoms with E-state index in [0.29, 0.717) is 15.6 Å². The quantitative estimate of drug-likeness (QED) is 0.656. The summed E-state index contributed by atoms with van der Waals surface area (Å²) >= 11 is 11.7. The number of nitrogens with two attached hydrogens (primary N) is 1. The first-order valence-corrected chi connectivity index (χ1v) is 4.86. The van der Waals surface area contributed by atoms with Crippen LogP contribution in [0, 0.1) is 0 Å². The molecule has 1 aromatic rings. The molecule has 0 heterocycles. The van der Waals surface area contributed by atoms with Crippen molar-refractivity contribution >= 4 is 47.7 Å². The number of hydrazone groups is 1. The third-order valence-corrected chi connectivity index (χ3v) is 2.23. The second-order valence-corrected chi connectivity index (χ2v) is 3.45. The SMILES string of the molecule is Cl.NCC(=O)N/N=C/c1c(Cl)cccc1Cl. The maximum absolute atomic E-state index is 10.8. The zero-order chi connectivity index (χ0) is 11.3. The van der Waals surface area contributed by atoms with Crippen LogP contribution in [0.25, 0.3) is 0 Å². The Morgan fingerprint density at radius 3 is 2.50 bits per heavy atom. The average Bonchev–Trinajstić information content (AvgIpc) is 2.22. The number of nitrogens with one attached hydrogen (secondary N) is 1.